The van der Waals surface area contributed by atoms with Crippen LogP contribution in [-0.2, 0) is 6.54 Å². The van der Waals surface area contributed by atoms with Crippen LogP contribution in [0.5, 0.6) is 0 Å². The van der Waals surface area contributed by atoms with Gasteiger partial charge in [0, 0.05) is 25.1 Å². The van der Waals surface area contributed by atoms with Crippen molar-refractivity contribution >= 4 is 11.6 Å². The molecule has 82 valence electrons. The van der Waals surface area contributed by atoms with Gasteiger partial charge in [0.05, 0.1) is 5.69 Å². The quantitative estimate of drug-likeness (QED) is 0.757. The molecule has 7 heteroatoms. The van der Waals surface area contributed by atoms with Crippen molar-refractivity contribution in [2.24, 2.45) is 11.7 Å². The molecule has 2 rings (SSSR count). The fourth-order valence-corrected chi connectivity index (χ4v) is 1.42. The van der Waals surface area contributed by atoms with E-state index in [0.29, 0.717) is 0 Å². The molecule has 1 aromatic heterocycles. The zero-order valence-electron chi connectivity index (χ0n) is 7.78. The number of carbonyl (C=O) groups is 1. The highest BCUT2D eigenvalue weighted by Gasteiger charge is 2.56. The van der Waals surface area contributed by atoms with E-state index >= 15 is 0 Å². The smallest absolute Gasteiger partial charge is 0.271 e. The molecule has 1 unspecified atom stereocenters. The first-order valence-corrected chi connectivity index (χ1v) is 4.40. The van der Waals surface area contributed by atoms with E-state index in [1.165, 1.54) is 10.9 Å². The summed E-state index contributed by atoms with van der Waals surface area (Å²) in [6.45, 7) is 0.0600. The zero-order valence-corrected chi connectivity index (χ0v) is 7.78. The standard InChI is InChI=1S/C8H10F2N4O/c9-8(10)1-4(8)2-14-3-5(11)6(13-14)7(12)15/h3-4H,1-2,11H2,(H2,12,15). The molecule has 1 heterocycles. The first-order valence-electron chi connectivity index (χ1n) is 4.40. The Labute approximate surface area is 84.0 Å². The van der Waals surface area contributed by atoms with Crippen LogP contribution < -0.4 is 11.5 Å². The van der Waals surface area contributed by atoms with E-state index in [-0.39, 0.29) is 24.3 Å². The van der Waals surface area contributed by atoms with Gasteiger partial charge in [-0.3, -0.25) is 9.48 Å². The van der Waals surface area contributed by atoms with Crippen LogP contribution in [0.3, 0.4) is 0 Å². The van der Waals surface area contributed by atoms with Gasteiger partial charge in [-0.2, -0.15) is 5.10 Å². The summed E-state index contributed by atoms with van der Waals surface area (Å²) in [5.74, 6) is -4.07. The molecule has 0 saturated heterocycles. The molecule has 1 aliphatic rings. The van der Waals surface area contributed by atoms with Crippen LogP contribution in [0.2, 0.25) is 0 Å². The summed E-state index contributed by atoms with van der Waals surface area (Å²) in [6.07, 6.45) is 1.20. The van der Waals surface area contributed by atoms with Gasteiger partial charge < -0.3 is 11.5 Å². The van der Waals surface area contributed by atoms with Crippen LogP contribution in [0.25, 0.3) is 0 Å². The molecule has 1 aliphatic carbocycles. The van der Waals surface area contributed by atoms with E-state index in [1.54, 1.807) is 0 Å². The van der Waals surface area contributed by atoms with Gasteiger partial charge in [0.15, 0.2) is 5.69 Å². The molecule has 0 aliphatic heterocycles. The van der Waals surface area contributed by atoms with E-state index in [4.69, 9.17) is 11.5 Å². The molecule has 1 atom stereocenters. The Morgan fingerprint density at radius 1 is 1.73 bits per heavy atom. The molecule has 0 aromatic carbocycles. The first-order chi connectivity index (χ1) is 6.90. The maximum Gasteiger partial charge on any atom is 0.271 e. The average Bonchev–Trinajstić information content (AvgIpc) is 2.55. The highest BCUT2D eigenvalue weighted by molar-refractivity contribution is 5.95. The third-order valence-electron chi connectivity index (χ3n) is 2.39. The molecule has 15 heavy (non-hydrogen) atoms. The number of alkyl halides is 2. The van der Waals surface area contributed by atoms with Crippen LogP contribution in [0.15, 0.2) is 6.20 Å². The third kappa shape index (κ3) is 1.77. The minimum atomic E-state index is -2.60. The monoisotopic (exact) mass is 216 g/mol. The van der Waals surface area contributed by atoms with Gasteiger partial charge in [-0.25, -0.2) is 8.78 Å². The molecular formula is C8H10F2N4O. The fourth-order valence-electron chi connectivity index (χ4n) is 1.42. The Kier molecular flexibility index (Phi) is 1.92. The molecule has 1 amide bonds. The zero-order chi connectivity index (χ0) is 11.2. The summed E-state index contributed by atoms with van der Waals surface area (Å²) < 4.78 is 26.4. The van der Waals surface area contributed by atoms with Crippen LogP contribution in [-0.4, -0.2) is 21.6 Å². The van der Waals surface area contributed by atoms with Crippen molar-refractivity contribution in [1.82, 2.24) is 9.78 Å². The number of nitrogens with zero attached hydrogens (tertiary/aromatic N) is 2. The number of amides is 1. The highest BCUT2D eigenvalue weighted by Crippen LogP contribution is 2.49. The van der Waals surface area contributed by atoms with Crippen LogP contribution >= 0.6 is 0 Å². The van der Waals surface area contributed by atoms with Crippen molar-refractivity contribution in [1.29, 1.82) is 0 Å². The molecule has 0 spiro atoms. The number of carbonyl (C=O) groups excluding carboxylic acids is 1. The highest BCUT2D eigenvalue weighted by atomic mass is 19.3. The van der Waals surface area contributed by atoms with Crippen molar-refractivity contribution in [2.75, 3.05) is 5.73 Å². The largest absolute Gasteiger partial charge is 0.396 e. The van der Waals surface area contributed by atoms with Crippen molar-refractivity contribution in [3.63, 3.8) is 0 Å². The Morgan fingerprint density at radius 3 is 2.73 bits per heavy atom. The molecule has 5 nitrogen and oxygen atoms in total. The number of primary amides is 1. The lowest BCUT2D eigenvalue weighted by Crippen LogP contribution is -2.14. The topological polar surface area (TPSA) is 86.9 Å². The Morgan fingerprint density at radius 2 is 2.33 bits per heavy atom. The summed E-state index contributed by atoms with van der Waals surface area (Å²) in [7, 11) is 0. The summed E-state index contributed by atoms with van der Waals surface area (Å²) in [5, 5.41) is 3.74. The number of nitrogen functional groups attached to an aromatic ring is 1. The summed E-state index contributed by atoms with van der Waals surface area (Å²) in [6, 6.07) is 0. The summed E-state index contributed by atoms with van der Waals surface area (Å²) in [4.78, 5) is 10.8. The van der Waals surface area contributed by atoms with E-state index in [0.717, 1.165) is 0 Å². The SMILES string of the molecule is NC(=O)c1nn(CC2CC2(F)F)cc1N. The van der Waals surface area contributed by atoms with Crippen molar-refractivity contribution in [2.45, 2.75) is 18.9 Å². The lowest BCUT2D eigenvalue weighted by Gasteiger charge is -1.98. The maximum atomic E-state index is 12.6. The van der Waals surface area contributed by atoms with E-state index in [1.807, 2.05) is 0 Å². The van der Waals surface area contributed by atoms with Gasteiger partial charge in [0.2, 0.25) is 0 Å². The van der Waals surface area contributed by atoms with Crippen LogP contribution in [0.4, 0.5) is 14.5 Å². The van der Waals surface area contributed by atoms with Gasteiger partial charge in [-0.1, -0.05) is 0 Å². The second kappa shape index (κ2) is 2.91. The molecular weight excluding hydrogens is 206 g/mol. The number of halogens is 2. The van der Waals surface area contributed by atoms with Gasteiger partial charge in [-0.15, -0.1) is 0 Å². The molecule has 4 N–H and O–H groups in total. The lowest BCUT2D eigenvalue weighted by atomic mass is 10.4. The van der Waals surface area contributed by atoms with Gasteiger partial charge >= 0.3 is 0 Å². The lowest BCUT2D eigenvalue weighted by molar-refractivity contribution is 0.0941. The van der Waals surface area contributed by atoms with Crippen molar-refractivity contribution < 1.29 is 13.6 Å². The number of nitrogens with two attached hydrogens (primary N) is 2. The van der Waals surface area contributed by atoms with Crippen molar-refractivity contribution in [3.05, 3.63) is 11.9 Å². The van der Waals surface area contributed by atoms with Gasteiger partial charge in [-0.05, 0) is 0 Å². The maximum absolute atomic E-state index is 12.6. The normalized spacial score (nSPS) is 22.7. The second-order valence-corrected chi connectivity index (χ2v) is 3.68. The van der Waals surface area contributed by atoms with E-state index < -0.39 is 17.7 Å². The predicted octanol–water partition coefficient (Wildman–Crippen LogP) is 0.219. The number of rotatable bonds is 3. The van der Waals surface area contributed by atoms with Gasteiger partial charge in [0.1, 0.15) is 0 Å². The third-order valence-corrected chi connectivity index (χ3v) is 2.39. The number of aromatic nitrogens is 2. The predicted molar refractivity (Wildman–Crippen MR) is 48.2 cm³/mol. The molecule has 0 radical (unpaired) electrons. The van der Waals surface area contributed by atoms with Crippen molar-refractivity contribution in [3.8, 4) is 0 Å². The van der Waals surface area contributed by atoms with E-state index in [9.17, 15) is 13.6 Å². The fraction of sp³-hybridized carbons (Fsp3) is 0.500. The first kappa shape index (κ1) is 9.88. The van der Waals surface area contributed by atoms with Crippen LogP contribution in [0.1, 0.15) is 16.9 Å². The van der Waals surface area contributed by atoms with Gasteiger partial charge in [0.25, 0.3) is 11.8 Å². The number of hydrogen-bond donors (Lipinski definition) is 2. The minimum Gasteiger partial charge on any atom is -0.396 e. The molecule has 0 bridgehead atoms. The average molecular weight is 216 g/mol. The molecule has 1 saturated carbocycles. The second-order valence-electron chi connectivity index (χ2n) is 3.68. The van der Waals surface area contributed by atoms with E-state index in [2.05, 4.69) is 5.10 Å². The minimum absolute atomic E-state index is 0.0600. The molecule has 1 fully saturated rings. The number of anilines is 1. The Hall–Kier alpha value is -1.66. The Balaban J connectivity index is 2.11. The Bertz CT molecular complexity index is 415. The summed E-state index contributed by atoms with van der Waals surface area (Å²) >= 11 is 0. The molecule has 1 aromatic rings. The number of hydrogen-bond acceptors (Lipinski definition) is 3. The summed E-state index contributed by atoms with van der Waals surface area (Å²) in [5.41, 5.74) is 10.5. The van der Waals surface area contributed by atoms with Crippen LogP contribution in [0, 0.1) is 5.92 Å².